The van der Waals surface area contributed by atoms with Crippen LogP contribution in [0.4, 0.5) is 18.3 Å². The second-order valence-corrected chi connectivity index (χ2v) is 5.44. The maximum Gasteiger partial charge on any atom is 0.411 e. The van der Waals surface area contributed by atoms with Crippen LogP contribution >= 0.6 is 22.9 Å². The fourth-order valence-corrected chi connectivity index (χ4v) is 2.50. The maximum absolute atomic E-state index is 11.9. The van der Waals surface area contributed by atoms with E-state index in [0.717, 1.165) is 11.3 Å². The van der Waals surface area contributed by atoms with Crippen molar-refractivity contribution in [2.45, 2.75) is 6.18 Å². The predicted octanol–water partition coefficient (Wildman–Crippen LogP) is 3.98. The lowest BCUT2D eigenvalue weighted by Crippen LogP contribution is -2.23. The maximum atomic E-state index is 11.9. The molecule has 0 saturated carbocycles. The molecule has 0 aliphatic carbocycles. The number of aromatic nitrogens is 1. The number of rotatable bonds is 5. The third-order valence-electron chi connectivity index (χ3n) is 2.40. The molecule has 0 aliphatic rings. The van der Waals surface area contributed by atoms with Gasteiger partial charge in [0, 0.05) is 16.0 Å². The zero-order chi connectivity index (χ0) is 16.2. The first-order valence-corrected chi connectivity index (χ1v) is 7.26. The van der Waals surface area contributed by atoms with Gasteiger partial charge in [-0.1, -0.05) is 29.8 Å². The highest BCUT2D eigenvalue weighted by molar-refractivity contribution is 7.14. The summed E-state index contributed by atoms with van der Waals surface area (Å²) in [5, 5.41) is 4.83. The van der Waals surface area contributed by atoms with Gasteiger partial charge in [0.15, 0.2) is 5.13 Å². The van der Waals surface area contributed by atoms with E-state index in [1.54, 1.807) is 29.6 Å². The molecule has 1 heterocycles. The molecule has 0 spiro atoms. The SMILES string of the molecule is O=C(COCC(F)(F)F)Nc1nc(-c2ccccc2Cl)cs1. The number of ether oxygens (including phenoxy) is 1. The zero-order valence-corrected chi connectivity index (χ0v) is 12.6. The van der Waals surface area contributed by atoms with E-state index >= 15 is 0 Å². The van der Waals surface area contributed by atoms with E-state index in [0.29, 0.717) is 16.3 Å². The molecule has 0 radical (unpaired) electrons. The molecule has 0 aliphatic heterocycles. The molecule has 0 bridgehead atoms. The summed E-state index contributed by atoms with van der Waals surface area (Å²) in [5.74, 6) is -0.704. The molecule has 118 valence electrons. The van der Waals surface area contributed by atoms with E-state index in [1.165, 1.54) is 0 Å². The minimum Gasteiger partial charge on any atom is -0.362 e. The number of hydrogen-bond donors (Lipinski definition) is 1. The first-order chi connectivity index (χ1) is 10.3. The molecule has 0 saturated heterocycles. The van der Waals surface area contributed by atoms with Gasteiger partial charge in [0.2, 0.25) is 0 Å². The third kappa shape index (κ3) is 4.97. The van der Waals surface area contributed by atoms with E-state index in [1.807, 2.05) is 0 Å². The van der Waals surface area contributed by atoms with Crippen molar-refractivity contribution in [1.82, 2.24) is 4.98 Å². The highest BCUT2D eigenvalue weighted by Gasteiger charge is 2.27. The quantitative estimate of drug-likeness (QED) is 0.887. The largest absolute Gasteiger partial charge is 0.411 e. The lowest BCUT2D eigenvalue weighted by atomic mass is 10.2. The number of anilines is 1. The lowest BCUT2D eigenvalue weighted by molar-refractivity contribution is -0.174. The van der Waals surface area contributed by atoms with Gasteiger partial charge in [-0.25, -0.2) is 4.98 Å². The van der Waals surface area contributed by atoms with Gasteiger partial charge in [-0.2, -0.15) is 13.2 Å². The highest BCUT2D eigenvalue weighted by Crippen LogP contribution is 2.30. The van der Waals surface area contributed by atoms with E-state index in [-0.39, 0.29) is 5.13 Å². The number of hydrogen-bond acceptors (Lipinski definition) is 4. The van der Waals surface area contributed by atoms with Gasteiger partial charge in [0.1, 0.15) is 13.2 Å². The van der Waals surface area contributed by atoms with Crippen LogP contribution in [0, 0.1) is 0 Å². The van der Waals surface area contributed by atoms with Gasteiger partial charge >= 0.3 is 6.18 Å². The third-order valence-corrected chi connectivity index (χ3v) is 3.49. The van der Waals surface area contributed by atoms with Gasteiger partial charge < -0.3 is 4.74 Å². The van der Waals surface area contributed by atoms with Crippen molar-refractivity contribution < 1.29 is 22.7 Å². The minimum absolute atomic E-state index is 0.260. The number of amides is 1. The Morgan fingerprint density at radius 2 is 2.09 bits per heavy atom. The van der Waals surface area contributed by atoms with Crippen LogP contribution in [0.5, 0.6) is 0 Å². The lowest BCUT2D eigenvalue weighted by Gasteiger charge is -2.06. The summed E-state index contributed by atoms with van der Waals surface area (Å²) >= 11 is 7.18. The fraction of sp³-hybridized carbons (Fsp3) is 0.231. The normalized spacial score (nSPS) is 11.5. The van der Waals surface area contributed by atoms with Gasteiger partial charge in [-0.3, -0.25) is 10.1 Å². The Kier molecular flexibility index (Phi) is 5.38. The molecule has 1 aromatic carbocycles. The summed E-state index contributed by atoms with van der Waals surface area (Å²) in [6, 6.07) is 7.05. The Labute approximate surface area is 132 Å². The smallest absolute Gasteiger partial charge is 0.362 e. The van der Waals surface area contributed by atoms with E-state index in [2.05, 4.69) is 15.0 Å². The number of thiazole rings is 1. The van der Waals surface area contributed by atoms with Crippen molar-refractivity contribution >= 4 is 34.0 Å². The van der Waals surface area contributed by atoms with Crippen molar-refractivity contribution in [2.75, 3.05) is 18.5 Å². The predicted molar refractivity (Wildman–Crippen MR) is 78.1 cm³/mol. The average Bonchev–Trinajstić information content (AvgIpc) is 2.86. The monoisotopic (exact) mass is 350 g/mol. The summed E-state index contributed by atoms with van der Waals surface area (Å²) in [4.78, 5) is 15.6. The van der Waals surface area contributed by atoms with Crippen molar-refractivity contribution in [2.24, 2.45) is 0 Å². The second-order valence-electron chi connectivity index (χ2n) is 4.17. The second kappa shape index (κ2) is 7.08. The standard InChI is InChI=1S/C13H10ClF3N2O2S/c14-9-4-2-1-3-8(9)10-6-22-12(18-10)19-11(20)5-21-7-13(15,16)17/h1-4,6H,5,7H2,(H,18,19,20). The Hall–Kier alpha value is -1.64. The summed E-state index contributed by atoms with van der Waals surface area (Å²) < 4.78 is 39.9. The molecule has 0 unspecified atom stereocenters. The molecular weight excluding hydrogens is 341 g/mol. The van der Waals surface area contributed by atoms with Crippen LogP contribution in [0.1, 0.15) is 0 Å². The summed E-state index contributed by atoms with van der Waals surface area (Å²) in [7, 11) is 0. The number of nitrogens with one attached hydrogen (secondary N) is 1. The number of alkyl halides is 3. The number of carbonyl (C=O) groups excluding carboxylic acids is 1. The van der Waals surface area contributed by atoms with Crippen LogP contribution in [0.15, 0.2) is 29.6 Å². The molecule has 0 atom stereocenters. The minimum atomic E-state index is -4.46. The molecule has 2 rings (SSSR count). The van der Waals surface area contributed by atoms with Crippen molar-refractivity contribution in [3.05, 3.63) is 34.7 Å². The first-order valence-electron chi connectivity index (χ1n) is 6.00. The number of nitrogens with zero attached hydrogens (tertiary/aromatic N) is 1. The molecule has 1 amide bonds. The van der Waals surface area contributed by atoms with Gasteiger partial charge in [0.25, 0.3) is 5.91 Å². The highest BCUT2D eigenvalue weighted by atomic mass is 35.5. The number of benzene rings is 1. The molecule has 2 aromatic rings. The van der Waals surface area contributed by atoms with Gasteiger partial charge in [0.05, 0.1) is 5.69 Å². The Morgan fingerprint density at radius 3 is 2.77 bits per heavy atom. The average molecular weight is 351 g/mol. The van der Waals surface area contributed by atoms with Crippen LogP contribution in [0.25, 0.3) is 11.3 Å². The molecule has 4 nitrogen and oxygen atoms in total. The van der Waals surface area contributed by atoms with Crippen LogP contribution in [0.2, 0.25) is 5.02 Å². The number of halogens is 4. The Balaban J connectivity index is 1.92. The fourth-order valence-electron chi connectivity index (χ4n) is 1.54. The zero-order valence-electron chi connectivity index (χ0n) is 11.0. The number of carbonyl (C=O) groups is 1. The topological polar surface area (TPSA) is 51.2 Å². The molecule has 1 aromatic heterocycles. The Bertz CT molecular complexity index is 661. The summed E-state index contributed by atoms with van der Waals surface area (Å²) in [5.41, 5.74) is 1.27. The van der Waals surface area contributed by atoms with Crippen LogP contribution in [0.3, 0.4) is 0 Å². The Morgan fingerprint density at radius 1 is 1.36 bits per heavy atom. The van der Waals surface area contributed by atoms with Crippen molar-refractivity contribution in [3.63, 3.8) is 0 Å². The summed E-state index contributed by atoms with van der Waals surface area (Å²) in [6.07, 6.45) is -4.46. The van der Waals surface area contributed by atoms with Crippen LogP contribution < -0.4 is 5.32 Å². The molecule has 9 heteroatoms. The molecule has 0 fully saturated rings. The van der Waals surface area contributed by atoms with Crippen molar-refractivity contribution in [1.29, 1.82) is 0 Å². The van der Waals surface area contributed by atoms with E-state index in [4.69, 9.17) is 11.6 Å². The molecule has 22 heavy (non-hydrogen) atoms. The first kappa shape index (κ1) is 16.7. The summed E-state index contributed by atoms with van der Waals surface area (Å²) in [6.45, 7) is -2.16. The molecule has 1 N–H and O–H groups in total. The van der Waals surface area contributed by atoms with E-state index in [9.17, 15) is 18.0 Å². The van der Waals surface area contributed by atoms with Gasteiger partial charge in [-0.15, -0.1) is 11.3 Å². The van der Waals surface area contributed by atoms with Crippen molar-refractivity contribution in [3.8, 4) is 11.3 Å². The van der Waals surface area contributed by atoms with Crippen LogP contribution in [-0.4, -0.2) is 30.3 Å². The van der Waals surface area contributed by atoms with Gasteiger partial charge in [-0.05, 0) is 6.07 Å². The molecular formula is C13H10ClF3N2O2S. The van der Waals surface area contributed by atoms with E-state index < -0.39 is 25.3 Å². The van der Waals surface area contributed by atoms with Crippen LogP contribution in [-0.2, 0) is 9.53 Å².